The van der Waals surface area contributed by atoms with Crippen molar-refractivity contribution in [3.05, 3.63) is 70.6 Å². The molecule has 5 heteroatoms. The highest BCUT2D eigenvalue weighted by atomic mass is 35.5. The molecule has 0 spiro atoms. The van der Waals surface area contributed by atoms with Crippen molar-refractivity contribution < 1.29 is 0 Å². The minimum Gasteiger partial charge on any atom is -0.329 e. The maximum Gasteiger partial charge on any atom is 0.152 e. The maximum absolute atomic E-state index is 6.21. The van der Waals surface area contributed by atoms with Gasteiger partial charge in [0.1, 0.15) is 0 Å². The summed E-state index contributed by atoms with van der Waals surface area (Å²) < 4.78 is 0. The van der Waals surface area contributed by atoms with Crippen LogP contribution >= 0.6 is 11.6 Å². The summed E-state index contributed by atoms with van der Waals surface area (Å²) in [5.41, 5.74) is 9.04. The molecule has 1 atom stereocenters. The van der Waals surface area contributed by atoms with Gasteiger partial charge in [-0.25, -0.2) is 9.97 Å². The number of aromatic nitrogens is 2. The molecule has 1 unspecified atom stereocenters. The summed E-state index contributed by atoms with van der Waals surface area (Å²) in [5, 5.41) is 1.66. The molecule has 0 bridgehead atoms. The van der Waals surface area contributed by atoms with E-state index in [1.807, 2.05) is 60.7 Å². The zero-order chi connectivity index (χ0) is 19.2. The fraction of sp³-hybridized carbons (Fsp3) is 0.273. The molecule has 0 aliphatic rings. The molecular weight excluding hydrogens is 356 g/mol. The Morgan fingerprint density at radius 2 is 1.78 bits per heavy atom. The van der Waals surface area contributed by atoms with E-state index in [1.165, 1.54) is 0 Å². The minimum absolute atomic E-state index is 0.0375. The Kier molecular flexibility index (Phi) is 6.56. The van der Waals surface area contributed by atoms with Crippen LogP contribution in [0.2, 0.25) is 5.02 Å². The SMILES string of the molecule is CCN(CC)C(CN)c1nc(C=Cc2ccccc2)nc2cc(Cl)ccc12. The number of benzene rings is 2. The molecule has 2 N–H and O–H groups in total. The molecule has 2 aromatic carbocycles. The quantitative estimate of drug-likeness (QED) is 0.639. The lowest BCUT2D eigenvalue weighted by Crippen LogP contribution is -2.34. The van der Waals surface area contributed by atoms with E-state index in [0.29, 0.717) is 17.4 Å². The summed E-state index contributed by atoms with van der Waals surface area (Å²) in [7, 11) is 0. The molecule has 4 nitrogen and oxygen atoms in total. The molecule has 140 valence electrons. The van der Waals surface area contributed by atoms with Gasteiger partial charge in [-0.1, -0.05) is 61.9 Å². The van der Waals surface area contributed by atoms with Crippen LogP contribution in [-0.4, -0.2) is 34.5 Å². The molecule has 0 fully saturated rings. The molecule has 1 aromatic heterocycles. The highest BCUT2D eigenvalue weighted by Gasteiger charge is 2.21. The summed E-state index contributed by atoms with van der Waals surface area (Å²) in [6.45, 7) is 6.60. The first kappa shape index (κ1) is 19.5. The largest absolute Gasteiger partial charge is 0.329 e. The molecule has 0 aliphatic heterocycles. The first-order valence-electron chi connectivity index (χ1n) is 9.30. The van der Waals surface area contributed by atoms with Gasteiger partial charge >= 0.3 is 0 Å². The van der Waals surface area contributed by atoms with Crippen molar-refractivity contribution in [2.75, 3.05) is 19.6 Å². The summed E-state index contributed by atoms with van der Waals surface area (Å²) in [6, 6.07) is 15.9. The molecule has 1 heterocycles. The van der Waals surface area contributed by atoms with E-state index in [4.69, 9.17) is 27.3 Å². The van der Waals surface area contributed by atoms with E-state index in [-0.39, 0.29) is 6.04 Å². The van der Waals surface area contributed by atoms with Crippen LogP contribution in [0.3, 0.4) is 0 Å². The van der Waals surface area contributed by atoms with E-state index in [2.05, 4.69) is 18.7 Å². The Labute approximate surface area is 165 Å². The van der Waals surface area contributed by atoms with Gasteiger partial charge in [0, 0.05) is 17.0 Å². The van der Waals surface area contributed by atoms with E-state index < -0.39 is 0 Å². The van der Waals surface area contributed by atoms with Gasteiger partial charge in [0.2, 0.25) is 0 Å². The fourth-order valence-electron chi connectivity index (χ4n) is 3.31. The van der Waals surface area contributed by atoms with Crippen LogP contribution in [0.1, 0.15) is 37.0 Å². The third kappa shape index (κ3) is 4.53. The van der Waals surface area contributed by atoms with Crippen LogP contribution < -0.4 is 5.73 Å². The fourth-order valence-corrected chi connectivity index (χ4v) is 3.47. The standard InChI is InChI=1S/C22H25ClN4/c1-3-27(4-2)20(15-24)22-18-12-11-17(23)14-19(18)25-21(26-22)13-10-16-8-6-5-7-9-16/h5-14,20H,3-4,15,24H2,1-2H3. The predicted molar refractivity (Wildman–Crippen MR) is 115 cm³/mol. The Bertz CT molecular complexity index is 920. The maximum atomic E-state index is 6.21. The summed E-state index contributed by atoms with van der Waals surface area (Å²) >= 11 is 6.21. The van der Waals surface area contributed by atoms with Gasteiger partial charge < -0.3 is 5.73 Å². The van der Waals surface area contributed by atoms with E-state index in [1.54, 1.807) is 0 Å². The molecule has 0 saturated heterocycles. The van der Waals surface area contributed by atoms with Crippen LogP contribution in [0.5, 0.6) is 0 Å². The molecule has 0 aliphatic carbocycles. The highest BCUT2D eigenvalue weighted by molar-refractivity contribution is 6.31. The lowest BCUT2D eigenvalue weighted by atomic mass is 10.1. The molecule has 3 aromatic rings. The van der Waals surface area contributed by atoms with Gasteiger partial charge in [-0.2, -0.15) is 0 Å². The Morgan fingerprint density at radius 1 is 1.04 bits per heavy atom. The predicted octanol–water partition coefficient (Wildman–Crippen LogP) is 4.80. The Hall–Kier alpha value is -2.27. The van der Waals surface area contributed by atoms with Crippen molar-refractivity contribution in [3.8, 4) is 0 Å². The van der Waals surface area contributed by atoms with Gasteiger partial charge in [0.15, 0.2) is 5.82 Å². The molecule has 0 radical (unpaired) electrons. The molecule has 0 amide bonds. The van der Waals surface area contributed by atoms with Gasteiger partial charge in [-0.05, 0) is 42.9 Å². The first-order chi connectivity index (χ1) is 13.2. The van der Waals surface area contributed by atoms with E-state index in [9.17, 15) is 0 Å². The highest BCUT2D eigenvalue weighted by Crippen LogP contribution is 2.28. The lowest BCUT2D eigenvalue weighted by Gasteiger charge is -2.29. The lowest BCUT2D eigenvalue weighted by molar-refractivity contribution is 0.221. The monoisotopic (exact) mass is 380 g/mol. The van der Waals surface area contributed by atoms with Gasteiger partial charge in [0.05, 0.1) is 17.3 Å². The van der Waals surface area contributed by atoms with Crippen molar-refractivity contribution in [2.45, 2.75) is 19.9 Å². The van der Waals surface area contributed by atoms with Crippen molar-refractivity contribution >= 4 is 34.7 Å². The van der Waals surface area contributed by atoms with Gasteiger partial charge in [-0.3, -0.25) is 4.90 Å². The number of hydrogen-bond donors (Lipinski definition) is 1. The molecule has 3 rings (SSSR count). The van der Waals surface area contributed by atoms with Crippen LogP contribution in [-0.2, 0) is 0 Å². The number of nitrogens with two attached hydrogens (primary N) is 1. The summed E-state index contributed by atoms with van der Waals surface area (Å²) in [5.74, 6) is 0.661. The molecule has 27 heavy (non-hydrogen) atoms. The Balaban J connectivity index is 2.11. The number of likely N-dealkylation sites (N-methyl/N-ethyl adjacent to an activating group) is 1. The third-order valence-electron chi connectivity index (χ3n) is 4.72. The van der Waals surface area contributed by atoms with Crippen LogP contribution in [0.4, 0.5) is 0 Å². The van der Waals surface area contributed by atoms with Crippen LogP contribution in [0, 0.1) is 0 Å². The summed E-state index contributed by atoms with van der Waals surface area (Å²) in [4.78, 5) is 11.9. The van der Waals surface area contributed by atoms with Crippen molar-refractivity contribution in [1.82, 2.24) is 14.9 Å². The van der Waals surface area contributed by atoms with Crippen molar-refractivity contribution in [2.24, 2.45) is 5.73 Å². The van der Waals surface area contributed by atoms with Crippen molar-refractivity contribution in [3.63, 3.8) is 0 Å². The van der Waals surface area contributed by atoms with Gasteiger partial charge in [0.25, 0.3) is 0 Å². The molecular formula is C22H25ClN4. The average Bonchev–Trinajstić information content (AvgIpc) is 2.70. The van der Waals surface area contributed by atoms with E-state index in [0.717, 1.165) is 35.2 Å². The second-order valence-corrected chi connectivity index (χ2v) is 6.78. The topological polar surface area (TPSA) is 55.0 Å². The number of rotatable bonds is 7. The second-order valence-electron chi connectivity index (χ2n) is 6.35. The van der Waals surface area contributed by atoms with Crippen LogP contribution in [0.25, 0.3) is 23.1 Å². The van der Waals surface area contributed by atoms with Crippen LogP contribution in [0.15, 0.2) is 48.5 Å². The second kappa shape index (κ2) is 9.09. The minimum atomic E-state index is 0.0375. The van der Waals surface area contributed by atoms with Gasteiger partial charge in [-0.15, -0.1) is 0 Å². The zero-order valence-corrected chi connectivity index (χ0v) is 16.5. The first-order valence-corrected chi connectivity index (χ1v) is 9.68. The third-order valence-corrected chi connectivity index (χ3v) is 4.96. The Morgan fingerprint density at radius 3 is 2.44 bits per heavy atom. The zero-order valence-electron chi connectivity index (χ0n) is 15.8. The summed E-state index contributed by atoms with van der Waals surface area (Å²) in [6.07, 6.45) is 3.96. The van der Waals surface area contributed by atoms with E-state index >= 15 is 0 Å². The number of halogens is 1. The smallest absolute Gasteiger partial charge is 0.152 e. The number of fused-ring (bicyclic) bond motifs is 1. The normalized spacial score (nSPS) is 12.9. The van der Waals surface area contributed by atoms with Crippen molar-refractivity contribution in [1.29, 1.82) is 0 Å². The average molecular weight is 381 g/mol. The molecule has 0 saturated carbocycles. The number of hydrogen-bond acceptors (Lipinski definition) is 4. The number of nitrogens with zero attached hydrogens (tertiary/aromatic N) is 3.